The quantitative estimate of drug-likeness (QED) is 0.767. The van der Waals surface area contributed by atoms with E-state index in [1.165, 1.54) is 9.08 Å². The predicted octanol–water partition coefficient (Wildman–Crippen LogP) is -0.247. The van der Waals surface area contributed by atoms with Crippen LogP contribution in [0, 0.1) is 0 Å². The monoisotopic (exact) mass is 304 g/mol. The summed E-state index contributed by atoms with van der Waals surface area (Å²) in [6.07, 6.45) is 1.72. The van der Waals surface area contributed by atoms with Gasteiger partial charge in [0.2, 0.25) is 0 Å². The van der Waals surface area contributed by atoms with Crippen LogP contribution in [0.5, 0.6) is 0 Å². The van der Waals surface area contributed by atoms with Crippen molar-refractivity contribution in [1.82, 2.24) is 28.9 Å². The number of fused-ring (bicyclic) bond motifs is 1. The molecule has 8 nitrogen and oxygen atoms in total. The molecule has 22 heavy (non-hydrogen) atoms. The lowest BCUT2D eigenvalue weighted by Crippen LogP contribution is -2.52. The largest absolute Gasteiger partial charge is 0.351 e. The number of hydrogen-bond donors (Lipinski definition) is 0. The minimum absolute atomic E-state index is 0.0320. The highest BCUT2D eigenvalue weighted by molar-refractivity contribution is 5.73. The molecule has 3 heterocycles. The molecule has 1 saturated heterocycles. The zero-order valence-electron chi connectivity index (χ0n) is 12.8. The summed E-state index contributed by atoms with van der Waals surface area (Å²) in [7, 11) is 3.51. The normalized spacial score (nSPS) is 16.2. The molecule has 3 rings (SSSR count). The van der Waals surface area contributed by atoms with Crippen molar-refractivity contribution in [3.05, 3.63) is 34.9 Å². The zero-order chi connectivity index (χ0) is 15.7. The maximum atomic E-state index is 12.2. The third kappa shape index (κ3) is 2.69. The van der Waals surface area contributed by atoms with E-state index in [-0.39, 0.29) is 11.7 Å². The molecule has 0 saturated carbocycles. The van der Waals surface area contributed by atoms with Crippen LogP contribution >= 0.6 is 0 Å². The van der Waals surface area contributed by atoms with Gasteiger partial charge < -0.3 is 9.80 Å². The van der Waals surface area contributed by atoms with Crippen LogP contribution in [0.4, 0.5) is 4.79 Å². The SMILES string of the molecule is CN(C)C(=O)N1CCN(Cn2nc3ccccn3c2=O)CC1. The topological polar surface area (TPSA) is 66.1 Å². The van der Waals surface area contributed by atoms with Crippen LogP contribution in [0.15, 0.2) is 29.2 Å². The van der Waals surface area contributed by atoms with Gasteiger partial charge in [-0.25, -0.2) is 9.59 Å². The van der Waals surface area contributed by atoms with E-state index < -0.39 is 0 Å². The van der Waals surface area contributed by atoms with E-state index in [1.807, 2.05) is 23.1 Å². The van der Waals surface area contributed by atoms with Gasteiger partial charge in [0.1, 0.15) is 0 Å². The van der Waals surface area contributed by atoms with E-state index in [0.29, 0.717) is 25.4 Å². The fourth-order valence-electron chi connectivity index (χ4n) is 2.61. The van der Waals surface area contributed by atoms with Gasteiger partial charge in [0.25, 0.3) is 0 Å². The fraction of sp³-hybridized carbons (Fsp3) is 0.500. The van der Waals surface area contributed by atoms with Crippen LogP contribution in [0.25, 0.3) is 5.65 Å². The van der Waals surface area contributed by atoms with Gasteiger partial charge in [-0.15, -0.1) is 5.10 Å². The summed E-state index contributed by atoms with van der Waals surface area (Å²) in [4.78, 5) is 29.7. The van der Waals surface area contributed by atoms with E-state index in [2.05, 4.69) is 10.00 Å². The molecule has 2 aromatic heterocycles. The molecule has 118 valence electrons. The Bertz CT molecular complexity index is 726. The van der Waals surface area contributed by atoms with Crippen molar-refractivity contribution in [3.63, 3.8) is 0 Å². The van der Waals surface area contributed by atoms with Crippen molar-refractivity contribution in [2.24, 2.45) is 0 Å². The van der Waals surface area contributed by atoms with Crippen LogP contribution in [-0.2, 0) is 6.67 Å². The first kappa shape index (κ1) is 14.6. The van der Waals surface area contributed by atoms with E-state index in [0.717, 1.165) is 13.1 Å². The Hall–Kier alpha value is -2.35. The molecule has 0 spiro atoms. The Morgan fingerprint density at radius 2 is 1.95 bits per heavy atom. The molecule has 1 aliphatic heterocycles. The molecule has 0 unspecified atom stereocenters. The Balaban J connectivity index is 1.66. The standard InChI is InChI=1S/C14H20N6O2/c1-16(2)13(21)18-9-7-17(8-10-18)11-20-14(22)19-6-4-3-5-12(19)15-20/h3-6H,7-11H2,1-2H3. The van der Waals surface area contributed by atoms with Gasteiger partial charge in [0, 0.05) is 46.5 Å². The van der Waals surface area contributed by atoms with Gasteiger partial charge in [-0.2, -0.15) is 4.68 Å². The first-order valence-electron chi connectivity index (χ1n) is 7.29. The highest BCUT2D eigenvalue weighted by Crippen LogP contribution is 2.05. The Morgan fingerprint density at radius 3 is 2.59 bits per heavy atom. The molecular weight excluding hydrogens is 284 g/mol. The number of aromatic nitrogens is 3. The van der Waals surface area contributed by atoms with Crippen LogP contribution in [0.1, 0.15) is 0 Å². The third-order valence-electron chi connectivity index (χ3n) is 3.85. The van der Waals surface area contributed by atoms with Gasteiger partial charge >= 0.3 is 11.7 Å². The zero-order valence-corrected chi connectivity index (χ0v) is 12.8. The van der Waals surface area contributed by atoms with Crippen molar-refractivity contribution in [2.45, 2.75) is 6.67 Å². The summed E-state index contributed by atoms with van der Waals surface area (Å²) >= 11 is 0. The molecule has 1 aliphatic rings. The molecule has 2 aromatic rings. The van der Waals surface area contributed by atoms with E-state index in [9.17, 15) is 9.59 Å². The molecule has 2 amide bonds. The highest BCUT2D eigenvalue weighted by Gasteiger charge is 2.22. The maximum absolute atomic E-state index is 12.2. The fourth-order valence-corrected chi connectivity index (χ4v) is 2.61. The molecular formula is C14H20N6O2. The number of urea groups is 1. The summed E-state index contributed by atoms with van der Waals surface area (Å²) in [5, 5.41) is 4.33. The molecule has 0 atom stereocenters. The van der Waals surface area contributed by atoms with Crippen molar-refractivity contribution < 1.29 is 4.79 Å². The first-order valence-corrected chi connectivity index (χ1v) is 7.29. The van der Waals surface area contributed by atoms with E-state index >= 15 is 0 Å². The Morgan fingerprint density at radius 1 is 1.23 bits per heavy atom. The van der Waals surface area contributed by atoms with Crippen LogP contribution in [0.3, 0.4) is 0 Å². The summed E-state index contributed by atoms with van der Waals surface area (Å²) in [5.74, 6) is 0. The van der Waals surface area contributed by atoms with Crippen LogP contribution in [0.2, 0.25) is 0 Å². The molecule has 0 radical (unpaired) electrons. The Labute approximate surface area is 128 Å². The molecule has 1 fully saturated rings. The first-order chi connectivity index (χ1) is 10.6. The summed E-state index contributed by atoms with van der Waals surface area (Å²) in [6.45, 7) is 3.25. The molecule has 0 aromatic carbocycles. The lowest BCUT2D eigenvalue weighted by atomic mass is 10.3. The predicted molar refractivity (Wildman–Crippen MR) is 81.7 cm³/mol. The second-order valence-electron chi connectivity index (χ2n) is 5.63. The Kier molecular flexibility index (Phi) is 3.84. The van der Waals surface area contributed by atoms with Crippen LogP contribution in [-0.4, -0.2) is 75.2 Å². The number of amides is 2. The number of nitrogens with zero attached hydrogens (tertiary/aromatic N) is 6. The molecule has 8 heteroatoms. The minimum atomic E-state index is -0.137. The van der Waals surface area contributed by atoms with Gasteiger partial charge in [-0.3, -0.25) is 9.30 Å². The smallest absolute Gasteiger partial charge is 0.331 e. The number of pyridine rings is 1. The number of rotatable bonds is 2. The second kappa shape index (κ2) is 5.80. The van der Waals surface area contributed by atoms with Crippen molar-refractivity contribution >= 4 is 11.7 Å². The van der Waals surface area contributed by atoms with E-state index in [4.69, 9.17) is 0 Å². The van der Waals surface area contributed by atoms with Crippen LogP contribution < -0.4 is 5.69 Å². The lowest BCUT2D eigenvalue weighted by molar-refractivity contribution is 0.102. The minimum Gasteiger partial charge on any atom is -0.331 e. The second-order valence-corrected chi connectivity index (χ2v) is 5.63. The lowest BCUT2D eigenvalue weighted by Gasteiger charge is -2.35. The highest BCUT2D eigenvalue weighted by atomic mass is 16.2. The molecule has 0 aliphatic carbocycles. The number of piperazine rings is 1. The van der Waals surface area contributed by atoms with E-state index in [1.54, 1.807) is 25.2 Å². The van der Waals surface area contributed by atoms with Gasteiger partial charge in [-0.05, 0) is 12.1 Å². The molecule has 0 N–H and O–H groups in total. The number of carbonyl (C=O) groups is 1. The third-order valence-corrected chi connectivity index (χ3v) is 3.85. The van der Waals surface area contributed by atoms with Gasteiger partial charge in [0.15, 0.2) is 5.65 Å². The molecule has 0 bridgehead atoms. The van der Waals surface area contributed by atoms with Crippen molar-refractivity contribution in [3.8, 4) is 0 Å². The number of carbonyl (C=O) groups excluding carboxylic acids is 1. The van der Waals surface area contributed by atoms with Crippen molar-refractivity contribution in [1.29, 1.82) is 0 Å². The number of hydrogen-bond acceptors (Lipinski definition) is 4. The summed E-state index contributed by atoms with van der Waals surface area (Å²) in [6, 6.07) is 5.51. The summed E-state index contributed by atoms with van der Waals surface area (Å²) in [5.41, 5.74) is 0.510. The van der Waals surface area contributed by atoms with Gasteiger partial charge in [-0.1, -0.05) is 6.07 Å². The maximum Gasteiger partial charge on any atom is 0.351 e. The van der Waals surface area contributed by atoms with Gasteiger partial charge in [0.05, 0.1) is 6.67 Å². The average Bonchev–Trinajstić information content (AvgIpc) is 2.84. The van der Waals surface area contributed by atoms with Crippen molar-refractivity contribution in [2.75, 3.05) is 40.3 Å². The summed E-state index contributed by atoms with van der Waals surface area (Å²) < 4.78 is 3.00. The average molecular weight is 304 g/mol.